The van der Waals surface area contributed by atoms with Crippen LogP contribution < -0.4 is 0 Å². The Morgan fingerprint density at radius 1 is 1.29 bits per heavy atom. The Kier molecular flexibility index (Phi) is 5.76. The van der Waals surface area contributed by atoms with Crippen molar-refractivity contribution in [2.24, 2.45) is 0 Å². The van der Waals surface area contributed by atoms with Crippen LogP contribution >= 0.6 is 0 Å². The van der Waals surface area contributed by atoms with E-state index in [4.69, 9.17) is 9.84 Å². The molecule has 1 saturated heterocycles. The van der Waals surface area contributed by atoms with Gasteiger partial charge in [0, 0.05) is 13.1 Å². The van der Waals surface area contributed by atoms with Gasteiger partial charge in [0.2, 0.25) is 5.91 Å². The highest BCUT2D eigenvalue weighted by Crippen LogP contribution is 2.16. The predicted octanol–water partition coefficient (Wildman–Crippen LogP) is 1.85. The maximum Gasteiger partial charge on any atom is 0.226 e. The quantitative estimate of drug-likeness (QED) is 0.900. The number of hydrogen-bond acceptors (Lipinski definition) is 3. The minimum atomic E-state index is 0.0614. The van der Waals surface area contributed by atoms with Gasteiger partial charge >= 0.3 is 0 Å². The number of likely N-dealkylation sites (tertiary alicyclic amines) is 1. The number of nitrogens with zero attached hydrogens (tertiary/aromatic N) is 1. The number of aliphatic hydroxyl groups excluding tert-OH is 1. The fourth-order valence-corrected chi connectivity index (χ4v) is 2.69. The van der Waals surface area contributed by atoms with E-state index < -0.39 is 0 Å². The molecule has 1 aliphatic rings. The summed E-state index contributed by atoms with van der Waals surface area (Å²) in [6.45, 7) is 6.11. The summed E-state index contributed by atoms with van der Waals surface area (Å²) < 4.78 is 5.52. The van der Waals surface area contributed by atoms with Crippen LogP contribution in [0, 0.1) is 13.8 Å². The molecular formula is C17H25NO3. The molecule has 0 saturated carbocycles. The van der Waals surface area contributed by atoms with Crippen molar-refractivity contribution in [1.82, 2.24) is 4.90 Å². The fourth-order valence-electron chi connectivity index (χ4n) is 2.69. The maximum atomic E-state index is 12.3. The van der Waals surface area contributed by atoms with Gasteiger partial charge in [-0.3, -0.25) is 4.79 Å². The molecule has 0 aliphatic carbocycles. The summed E-state index contributed by atoms with van der Waals surface area (Å²) in [5.74, 6) is 0.193. The summed E-state index contributed by atoms with van der Waals surface area (Å²) in [6, 6.07) is 6.22. The molecule has 0 radical (unpaired) electrons. The number of piperidine rings is 1. The van der Waals surface area contributed by atoms with Crippen molar-refractivity contribution >= 4 is 5.91 Å². The zero-order valence-corrected chi connectivity index (χ0v) is 13.0. The van der Waals surface area contributed by atoms with Crippen LogP contribution in [0.1, 0.15) is 29.5 Å². The van der Waals surface area contributed by atoms with Gasteiger partial charge in [0.1, 0.15) is 0 Å². The molecule has 4 heteroatoms. The van der Waals surface area contributed by atoms with Crippen LogP contribution in [0.25, 0.3) is 0 Å². The summed E-state index contributed by atoms with van der Waals surface area (Å²) in [6.07, 6.45) is 2.38. The first-order chi connectivity index (χ1) is 10.1. The van der Waals surface area contributed by atoms with Crippen molar-refractivity contribution in [3.63, 3.8) is 0 Å². The summed E-state index contributed by atoms with van der Waals surface area (Å²) in [5, 5.41) is 8.75. The highest BCUT2D eigenvalue weighted by Gasteiger charge is 2.23. The Bertz CT molecular complexity index is 479. The first-order valence-electron chi connectivity index (χ1n) is 7.66. The molecule has 1 heterocycles. The van der Waals surface area contributed by atoms with Gasteiger partial charge in [-0.2, -0.15) is 0 Å². The molecule has 0 unspecified atom stereocenters. The number of amides is 1. The van der Waals surface area contributed by atoms with Gasteiger partial charge in [-0.25, -0.2) is 0 Å². The van der Waals surface area contributed by atoms with Crippen LogP contribution in [0.5, 0.6) is 0 Å². The van der Waals surface area contributed by atoms with Gasteiger partial charge < -0.3 is 14.7 Å². The molecule has 1 aromatic rings. The number of aliphatic hydroxyl groups is 1. The first kappa shape index (κ1) is 16.0. The fraction of sp³-hybridized carbons (Fsp3) is 0.588. The van der Waals surface area contributed by atoms with E-state index in [1.165, 1.54) is 11.1 Å². The smallest absolute Gasteiger partial charge is 0.226 e. The lowest BCUT2D eigenvalue weighted by Crippen LogP contribution is -2.41. The van der Waals surface area contributed by atoms with E-state index in [2.05, 4.69) is 26.0 Å². The third-order valence-corrected chi connectivity index (χ3v) is 4.17. The zero-order chi connectivity index (χ0) is 15.2. The zero-order valence-electron chi connectivity index (χ0n) is 13.0. The van der Waals surface area contributed by atoms with Crippen LogP contribution in [0.3, 0.4) is 0 Å². The second-order valence-electron chi connectivity index (χ2n) is 5.77. The summed E-state index contributed by atoms with van der Waals surface area (Å²) in [7, 11) is 0. The molecule has 0 spiro atoms. The Balaban J connectivity index is 1.83. The summed E-state index contributed by atoms with van der Waals surface area (Å²) >= 11 is 0. The van der Waals surface area contributed by atoms with Gasteiger partial charge in [-0.1, -0.05) is 18.2 Å². The molecule has 1 aliphatic heterocycles. The molecule has 21 heavy (non-hydrogen) atoms. The number of benzene rings is 1. The van der Waals surface area contributed by atoms with E-state index in [-0.39, 0.29) is 18.6 Å². The van der Waals surface area contributed by atoms with Crippen molar-refractivity contribution in [3.05, 3.63) is 34.9 Å². The van der Waals surface area contributed by atoms with Crippen LogP contribution in [-0.4, -0.2) is 48.3 Å². The number of carbonyl (C=O) groups excluding carboxylic acids is 1. The molecule has 116 valence electrons. The molecule has 0 atom stereocenters. The van der Waals surface area contributed by atoms with Gasteiger partial charge in [-0.15, -0.1) is 0 Å². The van der Waals surface area contributed by atoms with Gasteiger partial charge in [0.25, 0.3) is 0 Å². The van der Waals surface area contributed by atoms with E-state index in [0.717, 1.165) is 31.5 Å². The van der Waals surface area contributed by atoms with Crippen LogP contribution in [0.15, 0.2) is 18.2 Å². The number of rotatable bonds is 5. The topological polar surface area (TPSA) is 49.8 Å². The van der Waals surface area contributed by atoms with E-state index >= 15 is 0 Å². The van der Waals surface area contributed by atoms with Gasteiger partial charge in [0.15, 0.2) is 0 Å². The molecule has 1 fully saturated rings. The monoisotopic (exact) mass is 291 g/mol. The van der Waals surface area contributed by atoms with Crippen molar-refractivity contribution in [2.75, 3.05) is 26.3 Å². The summed E-state index contributed by atoms with van der Waals surface area (Å²) in [4.78, 5) is 14.3. The Morgan fingerprint density at radius 2 is 2.00 bits per heavy atom. The van der Waals surface area contributed by atoms with E-state index in [1.807, 2.05) is 11.0 Å². The average molecular weight is 291 g/mol. The third kappa shape index (κ3) is 4.55. The minimum absolute atomic E-state index is 0.0614. The van der Waals surface area contributed by atoms with E-state index in [1.54, 1.807) is 0 Å². The largest absolute Gasteiger partial charge is 0.394 e. The number of carbonyl (C=O) groups is 1. The maximum absolute atomic E-state index is 12.3. The number of aryl methyl sites for hydroxylation is 2. The lowest BCUT2D eigenvalue weighted by atomic mass is 10.0. The van der Waals surface area contributed by atoms with Crippen molar-refractivity contribution in [2.45, 2.75) is 39.2 Å². The average Bonchev–Trinajstić information content (AvgIpc) is 2.49. The molecule has 0 bridgehead atoms. The van der Waals surface area contributed by atoms with Crippen LogP contribution in [0.2, 0.25) is 0 Å². The first-order valence-corrected chi connectivity index (χ1v) is 7.66. The summed E-state index contributed by atoms with van der Waals surface area (Å²) in [5.41, 5.74) is 3.58. The van der Waals surface area contributed by atoms with Crippen molar-refractivity contribution in [3.8, 4) is 0 Å². The van der Waals surface area contributed by atoms with Crippen LogP contribution in [0.4, 0.5) is 0 Å². The third-order valence-electron chi connectivity index (χ3n) is 4.17. The Hall–Kier alpha value is -1.39. The van der Waals surface area contributed by atoms with Gasteiger partial charge in [-0.05, 0) is 43.4 Å². The molecule has 1 aromatic carbocycles. The lowest BCUT2D eigenvalue weighted by Gasteiger charge is -2.32. The second kappa shape index (κ2) is 7.57. The number of ether oxygens (including phenoxy) is 1. The van der Waals surface area contributed by atoms with E-state index in [9.17, 15) is 4.79 Å². The molecule has 1 N–H and O–H groups in total. The molecule has 4 nitrogen and oxygen atoms in total. The Morgan fingerprint density at radius 3 is 2.62 bits per heavy atom. The molecule has 1 amide bonds. The molecule has 2 rings (SSSR count). The molecular weight excluding hydrogens is 266 g/mol. The SMILES string of the molecule is Cc1ccc(CC(=O)N2CCC(OCCO)CC2)cc1C. The highest BCUT2D eigenvalue weighted by atomic mass is 16.5. The van der Waals surface area contributed by atoms with Crippen LogP contribution in [-0.2, 0) is 16.0 Å². The van der Waals surface area contributed by atoms with Gasteiger partial charge in [0.05, 0.1) is 25.7 Å². The Labute approximate surface area is 126 Å². The van der Waals surface area contributed by atoms with Crippen molar-refractivity contribution < 1.29 is 14.6 Å². The second-order valence-corrected chi connectivity index (χ2v) is 5.77. The number of hydrogen-bond donors (Lipinski definition) is 1. The van der Waals surface area contributed by atoms with E-state index in [0.29, 0.717) is 13.0 Å². The predicted molar refractivity (Wildman–Crippen MR) is 82.3 cm³/mol. The van der Waals surface area contributed by atoms with Crippen molar-refractivity contribution in [1.29, 1.82) is 0 Å². The lowest BCUT2D eigenvalue weighted by molar-refractivity contribution is -0.133. The standard InChI is InChI=1S/C17H25NO3/c1-13-3-4-15(11-14(13)2)12-17(20)18-7-5-16(6-8-18)21-10-9-19/h3-4,11,16,19H,5-10,12H2,1-2H3. The minimum Gasteiger partial charge on any atom is -0.394 e. The normalized spacial score (nSPS) is 16.2. The molecule has 0 aromatic heterocycles. The highest BCUT2D eigenvalue weighted by molar-refractivity contribution is 5.79.